The van der Waals surface area contributed by atoms with E-state index in [1.165, 1.54) is 28.3 Å². The molecule has 0 aliphatic rings. The van der Waals surface area contributed by atoms with Crippen LogP contribution in [0.15, 0.2) is 47.2 Å². The average molecular weight is 375 g/mol. The zero-order valence-electron chi connectivity index (χ0n) is 13.9. The predicted octanol–water partition coefficient (Wildman–Crippen LogP) is 4.04. The summed E-state index contributed by atoms with van der Waals surface area (Å²) < 4.78 is 13.0. The maximum Gasteiger partial charge on any atom is 0.270 e. The largest absolute Gasteiger partial charge is 0.349 e. The number of likely N-dealkylation sites (N-methyl/N-ethyl adjacent to an activating group) is 1. The number of hydrogen-bond donors (Lipinski definition) is 1. The van der Waals surface area contributed by atoms with Crippen molar-refractivity contribution >= 4 is 28.6 Å². The molecule has 0 bridgehead atoms. The van der Waals surface area contributed by atoms with E-state index in [1.54, 1.807) is 28.8 Å². The Labute approximate surface area is 154 Å². The van der Waals surface area contributed by atoms with E-state index >= 15 is 0 Å². The number of thiazole rings is 1. The third kappa shape index (κ3) is 4.31. The van der Waals surface area contributed by atoms with Gasteiger partial charge in [-0.05, 0) is 49.8 Å². The fourth-order valence-corrected chi connectivity index (χ4v) is 4.13. The summed E-state index contributed by atoms with van der Waals surface area (Å²) in [6.45, 7) is 0.510. The maximum absolute atomic E-state index is 13.0. The minimum absolute atomic E-state index is 0.124. The summed E-state index contributed by atoms with van der Waals surface area (Å²) in [6.07, 6.45) is 0. The van der Waals surface area contributed by atoms with Crippen molar-refractivity contribution in [2.75, 3.05) is 20.6 Å². The molecule has 4 nitrogen and oxygen atoms in total. The van der Waals surface area contributed by atoms with E-state index in [0.29, 0.717) is 17.2 Å². The van der Waals surface area contributed by atoms with Gasteiger partial charge in [0.25, 0.3) is 5.91 Å². The van der Waals surface area contributed by atoms with Crippen molar-refractivity contribution in [1.82, 2.24) is 15.2 Å². The Hall–Kier alpha value is -2.09. The van der Waals surface area contributed by atoms with E-state index in [0.717, 1.165) is 5.56 Å². The fourth-order valence-electron chi connectivity index (χ4n) is 2.40. The van der Waals surface area contributed by atoms with E-state index < -0.39 is 0 Å². The number of rotatable bonds is 6. The van der Waals surface area contributed by atoms with Crippen molar-refractivity contribution in [3.63, 3.8) is 0 Å². The molecule has 1 aromatic carbocycles. The maximum atomic E-state index is 13.0. The minimum Gasteiger partial charge on any atom is -0.349 e. The van der Waals surface area contributed by atoms with Gasteiger partial charge < -0.3 is 10.2 Å². The van der Waals surface area contributed by atoms with E-state index in [2.05, 4.69) is 21.3 Å². The third-order valence-corrected chi connectivity index (χ3v) is 5.64. The first-order valence-corrected chi connectivity index (χ1v) is 9.50. The number of benzene rings is 1. The van der Waals surface area contributed by atoms with Gasteiger partial charge in [0.15, 0.2) is 0 Å². The van der Waals surface area contributed by atoms with Crippen LogP contribution < -0.4 is 5.32 Å². The van der Waals surface area contributed by atoms with E-state index in [1.807, 2.05) is 25.5 Å². The van der Waals surface area contributed by atoms with Gasteiger partial charge in [-0.15, -0.1) is 22.7 Å². The van der Waals surface area contributed by atoms with Gasteiger partial charge in [-0.25, -0.2) is 9.37 Å². The zero-order valence-corrected chi connectivity index (χ0v) is 15.5. The number of nitrogens with one attached hydrogen (secondary N) is 1. The lowest BCUT2D eigenvalue weighted by atomic mass is 10.2. The first-order valence-electron chi connectivity index (χ1n) is 7.74. The first-order chi connectivity index (χ1) is 12.0. The van der Waals surface area contributed by atoms with Crippen molar-refractivity contribution in [3.05, 3.63) is 63.5 Å². The average Bonchev–Trinajstić information content (AvgIpc) is 3.27. The third-order valence-electron chi connectivity index (χ3n) is 3.78. The van der Waals surface area contributed by atoms with Crippen LogP contribution in [0.3, 0.4) is 0 Å². The number of thiophene rings is 1. The summed E-state index contributed by atoms with van der Waals surface area (Å²) in [7, 11) is 3.98. The van der Waals surface area contributed by atoms with Gasteiger partial charge in [-0.2, -0.15) is 0 Å². The first kappa shape index (κ1) is 17.7. The normalized spacial score (nSPS) is 12.3. The Morgan fingerprint density at radius 3 is 2.64 bits per heavy atom. The lowest BCUT2D eigenvalue weighted by Crippen LogP contribution is -2.34. The van der Waals surface area contributed by atoms with Crippen LogP contribution in [0.1, 0.15) is 21.4 Å². The van der Waals surface area contributed by atoms with Crippen LogP contribution in [0.4, 0.5) is 4.39 Å². The highest BCUT2D eigenvalue weighted by molar-refractivity contribution is 7.13. The van der Waals surface area contributed by atoms with Crippen LogP contribution in [-0.2, 0) is 0 Å². The quantitative estimate of drug-likeness (QED) is 0.707. The fraction of sp³-hybridized carbons (Fsp3) is 0.222. The summed E-state index contributed by atoms with van der Waals surface area (Å²) >= 11 is 3.04. The van der Waals surface area contributed by atoms with Crippen molar-refractivity contribution in [1.29, 1.82) is 0 Å². The van der Waals surface area contributed by atoms with Gasteiger partial charge in [-0.3, -0.25) is 4.79 Å². The van der Waals surface area contributed by atoms with Crippen molar-refractivity contribution < 1.29 is 9.18 Å². The molecule has 1 unspecified atom stereocenters. The number of halogens is 1. The van der Waals surface area contributed by atoms with Gasteiger partial charge in [0, 0.05) is 22.4 Å². The Kier molecular flexibility index (Phi) is 5.57. The lowest BCUT2D eigenvalue weighted by molar-refractivity contribution is 0.0938. The van der Waals surface area contributed by atoms with Crippen molar-refractivity contribution in [2.45, 2.75) is 6.04 Å². The summed E-state index contributed by atoms with van der Waals surface area (Å²) in [6, 6.07) is 10.3. The molecular formula is C18H18FN3OS2. The Balaban J connectivity index is 1.66. The molecule has 25 heavy (non-hydrogen) atoms. The summed E-state index contributed by atoms with van der Waals surface area (Å²) in [5, 5.41) is 7.41. The number of carbonyl (C=O) groups excluding carboxylic acids is 1. The number of carbonyl (C=O) groups is 1. The summed E-state index contributed by atoms with van der Waals surface area (Å²) in [5.41, 5.74) is 1.18. The van der Waals surface area contributed by atoms with Crippen molar-refractivity contribution in [3.8, 4) is 10.6 Å². The van der Waals surface area contributed by atoms with E-state index in [-0.39, 0.29) is 17.8 Å². The molecule has 0 aliphatic carbocycles. The molecule has 0 saturated carbocycles. The van der Waals surface area contributed by atoms with Crippen LogP contribution in [0.2, 0.25) is 0 Å². The summed E-state index contributed by atoms with van der Waals surface area (Å²) in [5.74, 6) is -0.491. The molecule has 0 saturated heterocycles. The molecule has 130 valence electrons. The summed E-state index contributed by atoms with van der Waals surface area (Å²) in [4.78, 5) is 20.1. The molecule has 1 N–H and O–H groups in total. The van der Waals surface area contributed by atoms with Crippen LogP contribution in [0, 0.1) is 5.82 Å². The van der Waals surface area contributed by atoms with E-state index in [4.69, 9.17) is 0 Å². The smallest absolute Gasteiger partial charge is 0.270 e. The van der Waals surface area contributed by atoms with Gasteiger partial charge in [0.2, 0.25) is 0 Å². The molecule has 0 spiro atoms. The highest BCUT2D eigenvalue weighted by atomic mass is 32.1. The predicted molar refractivity (Wildman–Crippen MR) is 101 cm³/mol. The molecule has 0 radical (unpaired) electrons. The molecule has 3 aromatic rings. The Bertz CT molecular complexity index is 828. The number of hydrogen-bond acceptors (Lipinski definition) is 5. The molecule has 2 heterocycles. The second-order valence-electron chi connectivity index (χ2n) is 5.75. The minimum atomic E-state index is -0.290. The Morgan fingerprint density at radius 2 is 2.00 bits per heavy atom. The molecule has 1 atom stereocenters. The van der Waals surface area contributed by atoms with Crippen LogP contribution >= 0.6 is 22.7 Å². The van der Waals surface area contributed by atoms with E-state index in [9.17, 15) is 9.18 Å². The molecule has 0 aliphatic heterocycles. The molecule has 2 aromatic heterocycles. The standard InChI is InChI=1S/C18H18FN3OS2/c1-22(2)15(16-4-3-9-24-16)10-20-17(23)14-11-25-18(21-14)12-5-7-13(19)8-6-12/h3-9,11,15H,10H2,1-2H3,(H,20,23). The van der Waals surface area contributed by atoms with Crippen molar-refractivity contribution in [2.24, 2.45) is 0 Å². The topological polar surface area (TPSA) is 45.2 Å². The van der Waals surface area contributed by atoms with Crippen LogP contribution in [-0.4, -0.2) is 36.4 Å². The van der Waals surface area contributed by atoms with Gasteiger partial charge in [0.1, 0.15) is 16.5 Å². The zero-order chi connectivity index (χ0) is 17.8. The number of amides is 1. The number of aromatic nitrogens is 1. The highest BCUT2D eigenvalue weighted by Gasteiger charge is 2.18. The van der Waals surface area contributed by atoms with Crippen LogP contribution in [0.25, 0.3) is 10.6 Å². The molecule has 7 heteroatoms. The van der Waals surface area contributed by atoms with Gasteiger partial charge >= 0.3 is 0 Å². The second-order valence-corrected chi connectivity index (χ2v) is 7.59. The van der Waals surface area contributed by atoms with Crippen LogP contribution in [0.5, 0.6) is 0 Å². The Morgan fingerprint density at radius 1 is 1.24 bits per heavy atom. The van der Waals surface area contributed by atoms with Gasteiger partial charge in [0.05, 0.1) is 6.04 Å². The molecule has 3 rings (SSSR count). The lowest BCUT2D eigenvalue weighted by Gasteiger charge is -2.23. The monoisotopic (exact) mass is 375 g/mol. The molecule has 0 fully saturated rings. The number of nitrogens with zero attached hydrogens (tertiary/aromatic N) is 2. The highest BCUT2D eigenvalue weighted by Crippen LogP contribution is 2.25. The SMILES string of the molecule is CN(C)C(CNC(=O)c1csc(-c2ccc(F)cc2)n1)c1cccs1. The molecular weight excluding hydrogens is 357 g/mol. The van der Waals surface area contributed by atoms with Gasteiger partial charge in [-0.1, -0.05) is 6.07 Å². The molecule has 1 amide bonds. The second kappa shape index (κ2) is 7.86.